The second kappa shape index (κ2) is 15.7. The fraction of sp³-hybridized carbons (Fsp3) is 0.619. The van der Waals surface area contributed by atoms with E-state index in [9.17, 15) is 9.00 Å². The summed E-state index contributed by atoms with van der Waals surface area (Å²) >= 11 is 6.50. The molecule has 2 unspecified atom stereocenters. The van der Waals surface area contributed by atoms with Gasteiger partial charge in [0.25, 0.3) is 5.91 Å². The van der Waals surface area contributed by atoms with Crippen molar-refractivity contribution in [3.63, 3.8) is 0 Å². The molecule has 1 N–H and O–H groups in total. The average molecular weight is 752 g/mol. The highest BCUT2D eigenvalue weighted by Gasteiger charge is 2.44. The molecule has 2 aromatic rings. The van der Waals surface area contributed by atoms with E-state index in [0.29, 0.717) is 42.6 Å². The zero-order valence-electron chi connectivity index (χ0n) is 31.5. The van der Waals surface area contributed by atoms with E-state index in [2.05, 4.69) is 65.4 Å². The first kappa shape index (κ1) is 37.7. The summed E-state index contributed by atoms with van der Waals surface area (Å²) in [6.45, 7) is 14.8. The van der Waals surface area contributed by atoms with Gasteiger partial charge in [-0.25, -0.2) is 4.21 Å². The molecule has 2 aliphatic carbocycles. The Balaban J connectivity index is 1.22. The molecule has 1 amide bonds. The van der Waals surface area contributed by atoms with Crippen molar-refractivity contribution in [1.82, 2.24) is 9.62 Å². The third-order valence-electron chi connectivity index (χ3n) is 12.9. The SMILES string of the molecule is C=S1(=O)NC(=O)c2ccc3c(c2)N(C[C@@H]2CC[C@H]2[C@@H](OCCN2CCOCC2C(C)C)/C=C/C[C@H](C)[C@H]1C)C[C@@]1(CCCc2cc(Cl)ccc21)CO3. The fourth-order valence-electron chi connectivity index (χ4n) is 9.27. The number of anilines is 1. The van der Waals surface area contributed by atoms with Gasteiger partial charge in [-0.05, 0) is 116 Å². The van der Waals surface area contributed by atoms with Crippen molar-refractivity contribution >= 4 is 38.8 Å². The molecule has 284 valence electrons. The van der Waals surface area contributed by atoms with Gasteiger partial charge in [-0.3, -0.25) is 14.4 Å². The molecule has 1 saturated carbocycles. The normalized spacial score (nSPS) is 34.7. The lowest BCUT2D eigenvalue weighted by atomic mass is 9.68. The summed E-state index contributed by atoms with van der Waals surface area (Å²) in [5.41, 5.74) is 3.79. The maximum absolute atomic E-state index is 13.9. The second-order valence-electron chi connectivity index (χ2n) is 16.5. The Labute approximate surface area is 316 Å². The second-order valence-corrected chi connectivity index (χ2v) is 19.4. The number of benzene rings is 2. The number of ether oxygens (including phenoxy) is 3. The van der Waals surface area contributed by atoms with Gasteiger partial charge < -0.3 is 19.1 Å². The molecule has 2 bridgehead atoms. The van der Waals surface area contributed by atoms with E-state index in [1.807, 2.05) is 25.1 Å². The molecule has 10 heteroatoms. The van der Waals surface area contributed by atoms with Crippen LogP contribution in [0, 0.1) is 23.7 Å². The van der Waals surface area contributed by atoms with Gasteiger partial charge in [0.2, 0.25) is 0 Å². The number of rotatable bonds is 5. The standard InChI is InChI=1S/C42H58ClN3O5S/c1-28(2)38-25-49-20-18-45(38)19-21-50-39-10-6-8-29(3)30(4)52(5,48)44-41(47)32-12-16-40-37(23-32)46(24-33-11-14-35(33)39)26-42(27-51-40)17-7-9-31-22-34(43)13-15-36(31)42/h6,10,12-13,15-16,22-23,28-30,33,35,38-39H,5,7-9,11,14,17-21,24-27H2,1-4H3,(H,44,47,48)/b10-6+/t29-,30+,33-,35+,38?,39-,42-,52?/m0/s1. The van der Waals surface area contributed by atoms with Crippen LogP contribution in [0.5, 0.6) is 5.75 Å². The Kier molecular flexibility index (Phi) is 11.4. The first-order valence-electron chi connectivity index (χ1n) is 19.5. The lowest BCUT2D eigenvalue weighted by Gasteiger charge is -2.46. The average Bonchev–Trinajstić information content (AvgIpc) is 3.25. The molecule has 0 radical (unpaired) electrons. The summed E-state index contributed by atoms with van der Waals surface area (Å²) in [5.74, 6) is 5.82. The van der Waals surface area contributed by atoms with Gasteiger partial charge in [0.15, 0.2) is 0 Å². The van der Waals surface area contributed by atoms with Gasteiger partial charge in [-0.1, -0.05) is 50.6 Å². The molecule has 0 aromatic heterocycles. The van der Waals surface area contributed by atoms with Crippen LogP contribution < -0.4 is 14.4 Å². The topological polar surface area (TPSA) is 80.3 Å². The Morgan fingerprint density at radius 1 is 1.17 bits per heavy atom. The molecule has 3 aliphatic heterocycles. The third kappa shape index (κ3) is 7.81. The lowest BCUT2D eigenvalue weighted by molar-refractivity contribution is -0.0559. The molecule has 1 saturated heterocycles. The van der Waals surface area contributed by atoms with E-state index in [1.54, 1.807) is 6.07 Å². The smallest absolute Gasteiger partial charge is 0.262 e. The number of morpholine rings is 1. The number of aryl methyl sites for hydroxylation is 1. The number of nitrogens with zero attached hydrogens (tertiary/aromatic N) is 2. The summed E-state index contributed by atoms with van der Waals surface area (Å²) in [5, 5.41) is 0.448. The summed E-state index contributed by atoms with van der Waals surface area (Å²) in [7, 11) is -2.93. The minimum Gasteiger partial charge on any atom is -0.490 e. The molecule has 5 aliphatic rings. The van der Waals surface area contributed by atoms with Crippen LogP contribution in [0.4, 0.5) is 5.69 Å². The first-order chi connectivity index (χ1) is 24.9. The Morgan fingerprint density at radius 3 is 2.81 bits per heavy atom. The zero-order valence-corrected chi connectivity index (χ0v) is 33.1. The highest BCUT2D eigenvalue weighted by molar-refractivity contribution is 7.99. The van der Waals surface area contributed by atoms with Crippen molar-refractivity contribution in [2.75, 3.05) is 57.5 Å². The molecular weight excluding hydrogens is 694 g/mol. The van der Waals surface area contributed by atoms with E-state index < -0.39 is 9.71 Å². The van der Waals surface area contributed by atoms with E-state index >= 15 is 0 Å². The zero-order chi connectivity index (χ0) is 36.6. The van der Waals surface area contributed by atoms with Crippen molar-refractivity contribution in [2.45, 2.75) is 89.0 Å². The highest BCUT2D eigenvalue weighted by Crippen LogP contribution is 2.47. The summed E-state index contributed by atoms with van der Waals surface area (Å²) < 4.78 is 36.2. The number of hydrogen-bond acceptors (Lipinski definition) is 7. The van der Waals surface area contributed by atoms with E-state index in [4.69, 9.17) is 25.8 Å². The minimum absolute atomic E-state index is 0.0166. The number of carbonyl (C=O) groups excluding carboxylic acids is 1. The number of nitrogens with one attached hydrogen (secondary N) is 1. The number of allylic oxidation sites excluding steroid dienone is 1. The fourth-order valence-corrected chi connectivity index (χ4v) is 10.9. The van der Waals surface area contributed by atoms with Crippen LogP contribution >= 0.6 is 11.6 Å². The van der Waals surface area contributed by atoms with Gasteiger partial charge in [-0.2, -0.15) is 0 Å². The van der Waals surface area contributed by atoms with E-state index in [-0.39, 0.29) is 28.6 Å². The number of halogens is 1. The van der Waals surface area contributed by atoms with Crippen LogP contribution in [-0.4, -0.2) is 90.9 Å². The van der Waals surface area contributed by atoms with Gasteiger partial charge >= 0.3 is 0 Å². The molecule has 8 nitrogen and oxygen atoms in total. The van der Waals surface area contributed by atoms with Crippen LogP contribution in [0.1, 0.15) is 81.3 Å². The van der Waals surface area contributed by atoms with Crippen LogP contribution in [0.2, 0.25) is 5.02 Å². The van der Waals surface area contributed by atoms with Crippen molar-refractivity contribution in [1.29, 1.82) is 0 Å². The van der Waals surface area contributed by atoms with Crippen LogP contribution in [0.15, 0.2) is 48.6 Å². The van der Waals surface area contributed by atoms with Crippen molar-refractivity contribution in [2.24, 2.45) is 23.7 Å². The van der Waals surface area contributed by atoms with E-state index in [0.717, 1.165) is 94.4 Å². The lowest BCUT2D eigenvalue weighted by Crippen LogP contribution is -2.50. The van der Waals surface area contributed by atoms with Gasteiger partial charge in [-0.15, -0.1) is 0 Å². The molecule has 8 atom stereocenters. The van der Waals surface area contributed by atoms with E-state index in [1.165, 1.54) is 11.1 Å². The maximum atomic E-state index is 13.9. The predicted molar refractivity (Wildman–Crippen MR) is 212 cm³/mol. The van der Waals surface area contributed by atoms with Crippen molar-refractivity contribution in [3.05, 3.63) is 70.3 Å². The number of fused-ring (bicyclic) bond motifs is 4. The molecule has 2 aromatic carbocycles. The summed E-state index contributed by atoms with van der Waals surface area (Å²) in [4.78, 5) is 18.8. The van der Waals surface area contributed by atoms with Crippen LogP contribution in [0.3, 0.4) is 0 Å². The largest absolute Gasteiger partial charge is 0.490 e. The molecular formula is C42H58ClN3O5S. The van der Waals surface area contributed by atoms with Gasteiger partial charge in [0, 0.05) is 53.5 Å². The van der Waals surface area contributed by atoms with Crippen molar-refractivity contribution in [3.8, 4) is 5.75 Å². The van der Waals surface area contributed by atoms with Crippen molar-refractivity contribution < 1.29 is 23.2 Å². The summed E-state index contributed by atoms with van der Waals surface area (Å²) in [6, 6.07) is 12.4. The molecule has 1 spiro atoms. The maximum Gasteiger partial charge on any atom is 0.262 e. The Hall–Kier alpha value is -2.56. The van der Waals surface area contributed by atoms with Gasteiger partial charge in [0.1, 0.15) is 5.75 Å². The summed E-state index contributed by atoms with van der Waals surface area (Å²) in [6.07, 6.45) is 10.5. The minimum atomic E-state index is -2.93. The van der Waals surface area contributed by atoms with Crippen LogP contribution in [0.25, 0.3) is 0 Å². The quantitative estimate of drug-likeness (QED) is 0.263. The first-order valence-corrected chi connectivity index (χ1v) is 21.7. The van der Waals surface area contributed by atoms with Crippen LogP contribution in [-0.2, 0) is 31.0 Å². The monoisotopic (exact) mass is 751 g/mol. The number of amides is 1. The number of carbonyl (C=O) groups is 1. The van der Waals surface area contributed by atoms with Gasteiger partial charge in [0.05, 0.1) is 47.9 Å². The molecule has 3 heterocycles. The number of hydrogen-bond donors (Lipinski definition) is 1. The third-order valence-corrected chi connectivity index (χ3v) is 15.3. The Morgan fingerprint density at radius 2 is 2.02 bits per heavy atom. The molecule has 7 rings (SSSR count). The Bertz CT molecular complexity index is 1750. The molecule has 52 heavy (non-hydrogen) atoms. The highest BCUT2D eigenvalue weighted by atomic mass is 35.5. The molecule has 2 fully saturated rings. The predicted octanol–water partition coefficient (Wildman–Crippen LogP) is 6.93.